The lowest BCUT2D eigenvalue weighted by atomic mass is 10.1. The first-order chi connectivity index (χ1) is 13.0. The van der Waals surface area contributed by atoms with Gasteiger partial charge in [0.05, 0.1) is 6.10 Å². The van der Waals surface area contributed by atoms with Crippen molar-refractivity contribution >= 4 is 16.9 Å². The number of aryl methyl sites for hydroxylation is 1. The van der Waals surface area contributed by atoms with Crippen LogP contribution in [0.25, 0.3) is 10.9 Å². The summed E-state index contributed by atoms with van der Waals surface area (Å²) in [6.07, 6.45) is 0.885. The molecule has 0 unspecified atom stereocenters. The third-order valence-corrected chi connectivity index (χ3v) is 4.46. The van der Waals surface area contributed by atoms with Gasteiger partial charge in [-0.25, -0.2) is 4.79 Å². The number of hydrogen-bond donors (Lipinski definition) is 3. The van der Waals surface area contributed by atoms with Crippen LogP contribution in [0.5, 0.6) is 5.75 Å². The highest BCUT2D eigenvalue weighted by molar-refractivity contribution is 5.84. The summed E-state index contributed by atoms with van der Waals surface area (Å²) in [5.41, 5.74) is 4.50. The smallest absolute Gasteiger partial charge is 0.315 e. The van der Waals surface area contributed by atoms with Crippen LogP contribution in [0.2, 0.25) is 0 Å². The molecule has 0 aliphatic heterocycles. The number of nitrogens with one attached hydrogen (secondary N) is 3. The van der Waals surface area contributed by atoms with Crippen molar-refractivity contribution in [1.29, 1.82) is 0 Å². The van der Waals surface area contributed by atoms with Gasteiger partial charge in [0.2, 0.25) is 0 Å². The van der Waals surface area contributed by atoms with E-state index in [1.807, 2.05) is 50.2 Å². The number of carbonyl (C=O) groups is 1. The zero-order chi connectivity index (χ0) is 19.2. The van der Waals surface area contributed by atoms with E-state index in [1.54, 1.807) is 0 Å². The number of aromatic amines is 1. The summed E-state index contributed by atoms with van der Waals surface area (Å²) in [4.78, 5) is 15.5. The Labute approximate surface area is 160 Å². The van der Waals surface area contributed by atoms with E-state index < -0.39 is 0 Å². The van der Waals surface area contributed by atoms with E-state index in [4.69, 9.17) is 4.74 Å². The molecule has 0 bridgehead atoms. The van der Waals surface area contributed by atoms with E-state index in [0.29, 0.717) is 13.1 Å². The Morgan fingerprint density at radius 3 is 2.63 bits per heavy atom. The number of hydrogen-bond acceptors (Lipinski definition) is 2. The SMILES string of the molecule is Cc1[nH]c2ccccc2c1CCNC(=O)NCc1ccccc1OC(C)C. The lowest BCUT2D eigenvalue weighted by molar-refractivity contribution is 0.236. The Kier molecular flexibility index (Phi) is 6.01. The van der Waals surface area contributed by atoms with Gasteiger partial charge in [-0.15, -0.1) is 0 Å². The molecule has 2 aromatic carbocycles. The zero-order valence-corrected chi connectivity index (χ0v) is 16.1. The van der Waals surface area contributed by atoms with Crippen LogP contribution >= 0.6 is 0 Å². The minimum Gasteiger partial charge on any atom is -0.491 e. The minimum atomic E-state index is -0.174. The minimum absolute atomic E-state index is 0.0967. The fourth-order valence-electron chi connectivity index (χ4n) is 3.21. The molecule has 0 saturated carbocycles. The van der Waals surface area contributed by atoms with Crippen LogP contribution in [0.4, 0.5) is 4.79 Å². The first-order valence-electron chi connectivity index (χ1n) is 9.37. The number of amides is 2. The van der Waals surface area contributed by atoms with Gasteiger partial charge in [0.15, 0.2) is 0 Å². The second-order valence-corrected chi connectivity index (χ2v) is 6.91. The quantitative estimate of drug-likeness (QED) is 0.584. The Morgan fingerprint density at radius 2 is 1.81 bits per heavy atom. The number of aromatic nitrogens is 1. The molecule has 0 saturated heterocycles. The van der Waals surface area contributed by atoms with Crippen molar-refractivity contribution in [1.82, 2.24) is 15.6 Å². The van der Waals surface area contributed by atoms with Crippen molar-refractivity contribution < 1.29 is 9.53 Å². The molecule has 3 rings (SSSR count). The molecule has 0 fully saturated rings. The highest BCUT2D eigenvalue weighted by Gasteiger charge is 2.09. The van der Waals surface area contributed by atoms with Crippen LogP contribution in [0.1, 0.15) is 30.7 Å². The second-order valence-electron chi connectivity index (χ2n) is 6.91. The third kappa shape index (κ3) is 4.82. The number of ether oxygens (including phenoxy) is 1. The first kappa shape index (κ1) is 18.8. The molecular formula is C22H27N3O2. The van der Waals surface area contributed by atoms with Crippen molar-refractivity contribution in [2.75, 3.05) is 6.54 Å². The Hall–Kier alpha value is -2.95. The normalized spacial score (nSPS) is 11.0. The Balaban J connectivity index is 1.51. The Morgan fingerprint density at radius 1 is 1.07 bits per heavy atom. The molecule has 142 valence electrons. The van der Waals surface area contributed by atoms with E-state index >= 15 is 0 Å². The largest absolute Gasteiger partial charge is 0.491 e. The lowest BCUT2D eigenvalue weighted by Gasteiger charge is -2.15. The summed E-state index contributed by atoms with van der Waals surface area (Å²) in [5.74, 6) is 0.808. The number of benzene rings is 2. The lowest BCUT2D eigenvalue weighted by Crippen LogP contribution is -2.36. The van der Waals surface area contributed by atoms with Gasteiger partial charge in [-0.05, 0) is 44.9 Å². The predicted molar refractivity (Wildman–Crippen MR) is 109 cm³/mol. The van der Waals surface area contributed by atoms with Crippen molar-refractivity contribution in [3.8, 4) is 5.75 Å². The molecule has 0 radical (unpaired) electrons. The van der Waals surface area contributed by atoms with Crippen LogP contribution in [0, 0.1) is 6.92 Å². The summed E-state index contributed by atoms with van der Waals surface area (Å²) < 4.78 is 5.79. The van der Waals surface area contributed by atoms with Crippen LogP contribution in [-0.2, 0) is 13.0 Å². The highest BCUT2D eigenvalue weighted by atomic mass is 16.5. The molecular weight excluding hydrogens is 338 g/mol. The molecule has 2 amide bonds. The summed E-state index contributed by atoms with van der Waals surface area (Å²) >= 11 is 0. The molecule has 5 heteroatoms. The van der Waals surface area contributed by atoms with Gasteiger partial charge in [-0.2, -0.15) is 0 Å². The topological polar surface area (TPSA) is 66.2 Å². The van der Waals surface area contributed by atoms with Gasteiger partial charge in [0.1, 0.15) is 5.75 Å². The van der Waals surface area contributed by atoms with E-state index in [9.17, 15) is 4.79 Å². The van der Waals surface area contributed by atoms with E-state index in [-0.39, 0.29) is 12.1 Å². The van der Waals surface area contributed by atoms with E-state index in [1.165, 1.54) is 10.9 Å². The van der Waals surface area contributed by atoms with Gasteiger partial charge < -0.3 is 20.4 Å². The molecule has 0 aliphatic carbocycles. The summed E-state index contributed by atoms with van der Waals surface area (Å²) in [5, 5.41) is 7.06. The maximum Gasteiger partial charge on any atom is 0.315 e. The van der Waals surface area contributed by atoms with Crippen LogP contribution in [-0.4, -0.2) is 23.7 Å². The van der Waals surface area contributed by atoms with Crippen molar-refractivity contribution in [3.63, 3.8) is 0 Å². The first-order valence-corrected chi connectivity index (χ1v) is 9.37. The molecule has 3 N–H and O–H groups in total. The van der Waals surface area contributed by atoms with Gasteiger partial charge in [0, 0.05) is 35.2 Å². The Bertz CT molecular complexity index is 915. The average molecular weight is 365 g/mol. The summed E-state index contributed by atoms with van der Waals surface area (Å²) in [6.45, 7) is 7.06. The third-order valence-electron chi connectivity index (χ3n) is 4.46. The van der Waals surface area contributed by atoms with Crippen LogP contribution in [0.15, 0.2) is 48.5 Å². The molecule has 1 aromatic heterocycles. The molecule has 5 nitrogen and oxygen atoms in total. The number of H-pyrrole nitrogens is 1. The molecule has 0 atom stereocenters. The molecule has 0 spiro atoms. The average Bonchev–Trinajstić information content (AvgIpc) is 2.96. The van der Waals surface area contributed by atoms with Gasteiger partial charge >= 0.3 is 6.03 Å². The van der Waals surface area contributed by atoms with Crippen LogP contribution in [0.3, 0.4) is 0 Å². The fraction of sp³-hybridized carbons (Fsp3) is 0.318. The maximum absolute atomic E-state index is 12.2. The fourth-order valence-corrected chi connectivity index (χ4v) is 3.21. The standard InChI is InChI=1S/C22H27N3O2/c1-15(2)27-21-11-7-4-8-17(21)14-24-22(26)23-13-12-18-16(3)25-20-10-6-5-9-19(18)20/h4-11,15,25H,12-14H2,1-3H3,(H2,23,24,26). The van der Waals surface area contributed by atoms with Crippen LogP contribution < -0.4 is 15.4 Å². The predicted octanol–water partition coefficient (Wildman–Crippen LogP) is 4.31. The van der Waals surface area contributed by atoms with E-state index in [0.717, 1.165) is 28.9 Å². The molecule has 27 heavy (non-hydrogen) atoms. The highest BCUT2D eigenvalue weighted by Crippen LogP contribution is 2.22. The van der Waals surface area contributed by atoms with Crippen molar-refractivity contribution in [3.05, 3.63) is 65.4 Å². The number of urea groups is 1. The maximum atomic E-state index is 12.2. The van der Waals surface area contributed by atoms with Gasteiger partial charge in [-0.3, -0.25) is 0 Å². The number of para-hydroxylation sites is 2. The monoisotopic (exact) mass is 365 g/mol. The summed E-state index contributed by atoms with van der Waals surface area (Å²) in [6, 6.07) is 15.8. The molecule has 0 aliphatic rings. The van der Waals surface area contributed by atoms with Gasteiger partial charge in [-0.1, -0.05) is 36.4 Å². The number of carbonyl (C=O) groups excluding carboxylic acids is 1. The summed E-state index contributed by atoms with van der Waals surface area (Å²) in [7, 11) is 0. The molecule has 3 aromatic rings. The number of fused-ring (bicyclic) bond motifs is 1. The van der Waals surface area contributed by atoms with Crippen molar-refractivity contribution in [2.24, 2.45) is 0 Å². The van der Waals surface area contributed by atoms with Gasteiger partial charge in [0.25, 0.3) is 0 Å². The second kappa shape index (κ2) is 8.62. The van der Waals surface area contributed by atoms with E-state index in [2.05, 4.69) is 34.7 Å². The number of rotatable bonds is 7. The van der Waals surface area contributed by atoms with Crippen molar-refractivity contribution in [2.45, 2.75) is 39.8 Å². The zero-order valence-electron chi connectivity index (χ0n) is 16.1. The molecule has 1 heterocycles.